The van der Waals surface area contributed by atoms with Crippen LogP contribution in [0.25, 0.3) is 10.9 Å². The molecule has 72 valence electrons. The second-order valence-corrected chi connectivity index (χ2v) is 3.35. The summed E-state index contributed by atoms with van der Waals surface area (Å²) in [6.07, 6.45) is 1.94. The predicted octanol–water partition coefficient (Wildman–Crippen LogP) is 2.64. The Bertz CT molecular complexity index is 442. The van der Waals surface area contributed by atoms with Crippen molar-refractivity contribution in [2.75, 3.05) is 0 Å². The zero-order valence-electron chi connectivity index (χ0n) is 7.49. The number of nitrogens with two attached hydrogens (primary N) is 1. The van der Waals surface area contributed by atoms with Gasteiger partial charge in [-0.1, -0.05) is 6.07 Å². The van der Waals surface area contributed by atoms with E-state index in [4.69, 9.17) is 5.73 Å². The van der Waals surface area contributed by atoms with Gasteiger partial charge in [-0.25, -0.2) is 0 Å². The third kappa shape index (κ3) is 2.72. The van der Waals surface area contributed by atoms with E-state index in [0.717, 1.165) is 0 Å². The molecule has 2 nitrogen and oxygen atoms in total. The van der Waals surface area contributed by atoms with Crippen LogP contribution >= 0.6 is 24.4 Å². The first kappa shape index (κ1) is 11.0. The molecule has 1 aromatic heterocycles. The number of fused-ring (bicyclic) bond motifs is 1. The maximum atomic E-state index is 5.50. The summed E-state index contributed by atoms with van der Waals surface area (Å²) in [5.74, 6) is 0. The lowest BCUT2D eigenvalue weighted by molar-refractivity contribution is 1.08. The largest absolute Gasteiger partial charge is 0.361 e. The minimum absolute atomic E-state index is 0.612. The molecular formula is C10H10N2S2. The summed E-state index contributed by atoms with van der Waals surface area (Å²) in [6, 6.07) is 8.25. The Morgan fingerprint density at radius 2 is 2.00 bits per heavy atom. The van der Waals surface area contributed by atoms with Gasteiger partial charge in [0.05, 0.1) is 0 Å². The topological polar surface area (TPSA) is 41.8 Å². The van der Waals surface area contributed by atoms with Crippen molar-refractivity contribution in [3.8, 4) is 0 Å². The van der Waals surface area contributed by atoms with Crippen LogP contribution in [0.1, 0.15) is 5.56 Å². The van der Waals surface area contributed by atoms with Crippen LogP contribution in [0.15, 0.2) is 30.5 Å². The number of benzene rings is 1. The number of aromatic amines is 1. The molecule has 0 saturated heterocycles. The molecule has 0 atom stereocenters. The summed E-state index contributed by atoms with van der Waals surface area (Å²) in [5, 5.41) is 1.23. The van der Waals surface area contributed by atoms with Gasteiger partial charge in [0.2, 0.25) is 0 Å². The molecule has 14 heavy (non-hydrogen) atoms. The van der Waals surface area contributed by atoms with Crippen LogP contribution in [-0.4, -0.2) is 9.30 Å². The SMILES string of the molecule is NCc1ccc2[nH]ccc2c1.S=C=S. The zero-order valence-corrected chi connectivity index (χ0v) is 9.12. The zero-order chi connectivity index (χ0) is 10.4. The van der Waals surface area contributed by atoms with Crippen LogP contribution in [0.2, 0.25) is 0 Å². The minimum Gasteiger partial charge on any atom is -0.361 e. The van der Waals surface area contributed by atoms with Crippen molar-refractivity contribution in [1.29, 1.82) is 0 Å². The maximum Gasteiger partial charge on any atom is 0.0454 e. The summed E-state index contributed by atoms with van der Waals surface area (Å²) in [5.41, 5.74) is 7.85. The molecule has 0 radical (unpaired) electrons. The molecule has 0 spiro atoms. The lowest BCUT2D eigenvalue weighted by Gasteiger charge is -1.94. The average Bonchev–Trinajstić information content (AvgIpc) is 2.65. The fraction of sp³-hybridized carbons (Fsp3) is 0.100. The van der Waals surface area contributed by atoms with Gasteiger partial charge >= 0.3 is 0 Å². The van der Waals surface area contributed by atoms with Gasteiger partial charge in [0.15, 0.2) is 0 Å². The fourth-order valence-corrected chi connectivity index (χ4v) is 1.23. The number of hydrogen-bond donors (Lipinski definition) is 2. The van der Waals surface area contributed by atoms with Gasteiger partial charge in [0.25, 0.3) is 0 Å². The maximum absolute atomic E-state index is 5.50. The molecule has 0 aliphatic heterocycles. The number of H-pyrrole nitrogens is 1. The Morgan fingerprint density at radius 1 is 1.29 bits per heavy atom. The first-order valence-corrected chi connectivity index (χ1v) is 4.89. The van der Waals surface area contributed by atoms with Crippen molar-refractivity contribution in [3.05, 3.63) is 36.0 Å². The second kappa shape index (κ2) is 5.62. The van der Waals surface area contributed by atoms with Gasteiger partial charge in [0.1, 0.15) is 0 Å². The Morgan fingerprint density at radius 3 is 2.64 bits per heavy atom. The van der Waals surface area contributed by atoms with E-state index in [1.807, 2.05) is 16.6 Å². The van der Waals surface area contributed by atoms with Crippen molar-refractivity contribution in [2.24, 2.45) is 5.73 Å². The van der Waals surface area contributed by atoms with Crippen LogP contribution in [0.3, 0.4) is 0 Å². The van der Waals surface area contributed by atoms with E-state index < -0.39 is 0 Å². The first-order chi connectivity index (χ1) is 6.81. The smallest absolute Gasteiger partial charge is 0.0454 e. The van der Waals surface area contributed by atoms with Gasteiger partial charge in [0, 0.05) is 22.6 Å². The molecule has 0 unspecified atom stereocenters. The summed E-state index contributed by atoms with van der Waals surface area (Å²) in [7, 11) is 0. The van der Waals surface area contributed by atoms with E-state index in [1.165, 1.54) is 16.5 Å². The van der Waals surface area contributed by atoms with Gasteiger partial charge in [-0.15, -0.1) is 0 Å². The quantitative estimate of drug-likeness (QED) is 0.729. The highest BCUT2D eigenvalue weighted by atomic mass is 32.1. The molecule has 0 bridgehead atoms. The predicted molar refractivity (Wildman–Crippen MR) is 66.4 cm³/mol. The van der Waals surface area contributed by atoms with Crippen molar-refractivity contribution in [3.63, 3.8) is 0 Å². The van der Waals surface area contributed by atoms with Gasteiger partial charge in [-0.05, 0) is 53.6 Å². The molecule has 3 N–H and O–H groups in total. The number of thiocarbonyl (C=S) groups is 2. The van der Waals surface area contributed by atoms with Crippen molar-refractivity contribution in [2.45, 2.75) is 6.54 Å². The molecule has 2 aromatic rings. The van der Waals surface area contributed by atoms with Gasteiger partial charge in [-0.3, -0.25) is 0 Å². The molecule has 1 aromatic carbocycles. The number of aromatic nitrogens is 1. The van der Waals surface area contributed by atoms with Crippen molar-refractivity contribution in [1.82, 2.24) is 4.98 Å². The summed E-state index contributed by atoms with van der Waals surface area (Å²) in [4.78, 5) is 3.13. The van der Waals surface area contributed by atoms with Crippen LogP contribution in [0.5, 0.6) is 0 Å². The van der Waals surface area contributed by atoms with Crippen LogP contribution in [0, 0.1) is 0 Å². The summed E-state index contributed by atoms with van der Waals surface area (Å²) in [6.45, 7) is 0.612. The van der Waals surface area contributed by atoms with E-state index in [1.54, 1.807) is 0 Å². The molecule has 0 fully saturated rings. The van der Waals surface area contributed by atoms with E-state index >= 15 is 0 Å². The monoisotopic (exact) mass is 222 g/mol. The third-order valence-electron chi connectivity index (χ3n) is 1.85. The highest BCUT2D eigenvalue weighted by Crippen LogP contribution is 2.13. The molecular weight excluding hydrogens is 212 g/mol. The highest BCUT2D eigenvalue weighted by molar-refractivity contribution is 7.93. The molecule has 0 aliphatic rings. The van der Waals surface area contributed by atoms with E-state index in [0.29, 0.717) is 6.54 Å². The van der Waals surface area contributed by atoms with E-state index in [9.17, 15) is 0 Å². The van der Waals surface area contributed by atoms with Crippen molar-refractivity contribution >= 4 is 39.7 Å². The second-order valence-electron chi connectivity index (χ2n) is 2.69. The van der Waals surface area contributed by atoms with E-state index in [2.05, 4.69) is 47.6 Å². The Hall–Kier alpha value is -1.06. The molecule has 0 aliphatic carbocycles. The molecule has 1 heterocycles. The molecule has 0 saturated carbocycles. The Kier molecular flexibility index (Phi) is 4.43. The summed E-state index contributed by atoms with van der Waals surface area (Å²) < 4.78 is 1.92. The van der Waals surface area contributed by atoms with Gasteiger partial charge < -0.3 is 10.7 Å². The highest BCUT2D eigenvalue weighted by Gasteiger charge is 1.93. The van der Waals surface area contributed by atoms with Crippen LogP contribution in [0.4, 0.5) is 0 Å². The van der Waals surface area contributed by atoms with Crippen molar-refractivity contribution < 1.29 is 0 Å². The lowest BCUT2D eigenvalue weighted by Crippen LogP contribution is -1.94. The lowest BCUT2D eigenvalue weighted by atomic mass is 10.1. The average molecular weight is 222 g/mol. The van der Waals surface area contributed by atoms with Crippen LogP contribution < -0.4 is 5.73 Å². The number of hydrogen-bond acceptors (Lipinski definition) is 3. The standard InChI is InChI=1S/C9H10N2.CS2/c10-6-7-1-2-9-8(5-7)3-4-11-9;2-1-3/h1-5,11H,6,10H2;. The Balaban J connectivity index is 0.000000293. The third-order valence-corrected chi connectivity index (χ3v) is 1.85. The number of nitrogens with one attached hydrogen (secondary N) is 1. The molecule has 4 heteroatoms. The van der Waals surface area contributed by atoms with Crippen LogP contribution in [-0.2, 0) is 6.54 Å². The Labute approximate surface area is 93.1 Å². The molecule has 2 rings (SSSR count). The van der Waals surface area contributed by atoms with Gasteiger partial charge in [-0.2, -0.15) is 0 Å². The number of rotatable bonds is 1. The summed E-state index contributed by atoms with van der Waals surface area (Å²) >= 11 is 7.92. The minimum atomic E-state index is 0.612. The first-order valence-electron chi connectivity index (χ1n) is 4.07. The fourth-order valence-electron chi connectivity index (χ4n) is 1.23. The van der Waals surface area contributed by atoms with E-state index in [-0.39, 0.29) is 0 Å². The normalized spacial score (nSPS) is 8.93. The molecule has 0 amide bonds.